The van der Waals surface area contributed by atoms with Crippen LogP contribution in [-0.2, 0) is 4.74 Å². The maximum Gasteiger partial charge on any atom is 0.193 e. The molecule has 3 fully saturated rings. The van der Waals surface area contributed by atoms with Crippen LogP contribution in [-0.4, -0.2) is 92.2 Å². The van der Waals surface area contributed by atoms with Gasteiger partial charge in [0.2, 0.25) is 0 Å². The van der Waals surface area contributed by atoms with Crippen LogP contribution in [0.2, 0.25) is 0 Å². The van der Waals surface area contributed by atoms with Crippen LogP contribution in [0.25, 0.3) is 0 Å². The van der Waals surface area contributed by atoms with E-state index in [4.69, 9.17) is 4.74 Å². The summed E-state index contributed by atoms with van der Waals surface area (Å²) in [6.45, 7) is 9.28. The zero-order chi connectivity index (χ0) is 22.6. The van der Waals surface area contributed by atoms with E-state index < -0.39 is 0 Å². The second kappa shape index (κ2) is 10.5. The smallest absolute Gasteiger partial charge is 0.193 e. The fourth-order valence-electron chi connectivity index (χ4n) is 5.57. The molecule has 2 atom stereocenters. The number of rotatable bonds is 4. The van der Waals surface area contributed by atoms with E-state index in [0.717, 1.165) is 44.2 Å². The Morgan fingerprint density at radius 1 is 1.09 bits per heavy atom. The van der Waals surface area contributed by atoms with E-state index in [-0.39, 0.29) is 23.6 Å². The van der Waals surface area contributed by atoms with Gasteiger partial charge in [-0.25, -0.2) is 4.39 Å². The number of guanidine groups is 1. The molecule has 3 saturated heterocycles. The van der Waals surface area contributed by atoms with Crippen molar-refractivity contribution in [2.24, 2.45) is 4.99 Å². The van der Waals surface area contributed by atoms with E-state index in [1.807, 2.05) is 19.2 Å². The molecular formula is C25H40FN5O. The molecule has 32 heavy (non-hydrogen) atoms. The molecule has 0 bridgehead atoms. The molecule has 0 amide bonds. The third kappa shape index (κ3) is 5.43. The fraction of sp³-hybridized carbons (Fsp3) is 0.720. The topological polar surface area (TPSA) is 43.3 Å². The summed E-state index contributed by atoms with van der Waals surface area (Å²) in [4.78, 5) is 12.2. The Morgan fingerprint density at radius 3 is 2.44 bits per heavy atom. The molecular weight excluding hydrogens is 405 g/mol. The van der Waals surface area contributed by atoms with Crippen LogP contribution in [0.4, 0.5) is 4.39 Å². The number of hydrogen-bond donors (Lipinski definition) is 1. The minimum absolute atomic E-state index is 0.0803. The van der Waals surface area contributed by atoms with E-state index in [9.17, 15) is 4.39 Å². The molecule has 6 nitrogen and oxygen atoms in total. The molecule has 1 N–H and O–H groups in total. The van der Waals surface area contributed by atoms with Gasteiger partial charge in [0.05, 0.1) is 12.6 Å². The summed E-state index contributed by atoms with van der Waals surface area (Å²) in [5.41, 5.74) is 1.22. The Morgan fingerprint density at radius 2 is 1.78 bits per heavy atom. The summed E-state index contributed by atoms with van der Waals surface area (Å²) < 4.78 is 19.6. The number of hydrogen-bond acceptors (Lipinski definition) is 4. The second-order valence-electron chi connectivity index (χ2n) is 9.87. The van der Waals surface area contributed by atoms with E-state index in [1.54, 1.807) is 0 Å². The molecule has 3 heterocycles. The van der Waals surface area contributed by atoms with Crippen LogP contribution < -0.4 is 5.32 Å². The number of likely N-dealkylation sites (tertiary alicyclic amines) is 2. The molecule has 2 unspecified atom stereocenters. The molecule has 3 aliphatic heterocycles. The van der Waals surface area contributed by atoms with Crippen molar-refractivity contribution in [2.45, 2.75) is 56.8 Å². The summed E-state index contributed by atoms with van der Waals surface area (Å²) >= 11 is 0. The largest absolute Gasteiger partial charge is 0.367 e. The van der Waals surface area contributed by atoms with Crippen LogP contribution >= 0.6 is 0 Å². The van der Waals surface area contributed by atoms with Crippen molar-refractivity contribution in [3.05, 3.63) is 35.6 Å². The van der Waals surface area contributed by atoms with E-state index in [2.05, 4.69) is 39.0 Å². The average Bonchev–Trinajstić information content (AvgIpc) is 2.81. The Bertz CT molecular complexity index is 756. The summed E-state index contributed by atoms with van der Waals surface area (Å²) in [6, 6.07) is 6.68. The predicted molar refractivity (Wildman–Crippen MR) is 128 cm³/mol. The number of aliphatic imine (C=N–C) groups is 1. The first kappa shape index (κ1) is 23.5. The zero-order valence-corrected chi connectivity index (χ0v) is 20.0. The van der Waals surface area contributed by atoms with Gasteiger partial charge in [0, 0.05) is 25.7 Å². The normalized spacial score (nSPS) is 28.0. The Balaban J connectivity index is 1.44. The third-order valence-corrected chi connectivity index (χ3v) is 7.53. The van der Waals surface area contributed by atoms with Gasteiger partial charge < -0.3 is 19.9 Å². The molecule has 0 spiro atoms. The monoisotopic (exact) mass is 445 g/mol. The average molecular weight is 446 g/mol. The number of benzene rings is 1. The molecule has 7 heteroatoms. The highest BCUT2D eigenvalue weighted by molar-refractivity contribution is 5.80. The van der Waals surface area contributed by atoms with Gasteiger partial charge >= 0.3 is 0 Å². The highest BCUT2D eigenvalue weighted by atomic mass is 19.1. The van der Waals surface area contributed by atoms with Crippen molar-refractivity contribution in [2.75, 3.05) is 59.9 Å². The molecule has 0 saturated carbocycles. The van der Waals surface area contributed by atoms with Crippen molar-refractivity contribution in [1.82, 2.24) is 20.0 Å². The van der Waals surface area contributed by atoms with Crippen LogP contribution in [0, 0.1) is 5.82 Å². The van der Waals surface area contributed by atoms with Crippen LogP contribution in [0.1, 0.15) is 50.7 Å². The van der Waals surface area contributed by atoms with E-state index in [1.165, 1.54) is 57.3 Å². The molecule has 0 aromatic heterocycles. The number of nitrogens with one attached hydrogen (secondary N) is 1. The van der Waals surface area contributed by atoms with Gasteiger partial charge in [0.15, 0.2) is 5.96 Å². The highest BCUT2D eigenvalue weighted by Crippen LogP contribution is 2.31. The number of piperidine rings is 2. The van der Waals surface area contributed by atoms with Crippen molar-refractivity contribution < 1.29 is 9.13 Å². The van der Waals surface area contributed by atoms with Crippen molar-refractivity contribution in [3.63, 3.8) is 0 Å². The zero-order valence-electron chi connectivity index (χ0n) is 20.0. The predicted octanol–water partition coefficient (Wildman–Crippen LogP) is 3.11. The van der Waals surface area contributed by atoms with Crippen molar-refractivity contribution in [3.8, 4) is 0 Å². The summed E-state index contributed by atoms with van der Waals surface area (Å²) in [5.74, 6) is 0.732. The molecule has 1 aromatic rings. The SMILES string of the molecule is CN=C(NCC1(N2CCCCC2)CCN(C)CC1)N1CC(C)OC(c2ccc(F)cc2)C1. The van der Waals surface area contributed by atoms with Crippen molar-refractivity contribution >= 4 is 5.96 Å². The van der Waals surface area contributed by atoms with Gasteiger partial charge in [-0.05, 0) is 83.5 Å². The Hall–Kier alpha value is -1.70. The first-order valence-electron chi connectivity index (χ1n) is 12.3. The molecule has 3 aliphatic rings. The summed E-state index contributed by atoms with van der Waals surface area (Å²) in [7, 11) is 4.11. The number of morpholine rings is 1. The second-order valence-corrected chi connectivity index (χ2v) is 9.87. The summed E-state index contributed by atoms with van der Waals surface area (Å²) in [5, 5.41) is 3.76. The van der Waals surface area contributed by atoms with Gasteiger partial charge in [-0.15, -0.1) is 0 Å². The van der Waals surface area contributed by atoms with Gasteiger partial charge in [-0.1, -0.05) is 18.6 Å². The van der Waals surface area contributed by atoms with E-state index >= 15 is 0 Å². The van der Waals surface area contributed by atoms with Crippen LogP contribution in [0.5, 0.6) is 0 Å². The molecule has 1 aromatic carbocycles. The third-order valence-electron chi connectivity index (χ3n) is 7.53. The van der Waals surface area contributed by atoms with Crippen LogP contribution in [0.15, 0.2) is 29.3 Å². The number of halogens is 1. The Kier molecular flexibility index (Phi) is 7.69. The molecule has 178 valence electrons. The van der Waals surface area contributed by atoms with Gasteiger partial charge in [0.25, 0.3) is 0 Å². The standard InChI is InChI=1S/C25H40FN5O/c1-20-17-30(18-23(32-20)21-7-9-22(26)10-8-21)24(27-2)28-19-25(11-15-29(3)16-12-25)31-13-5-4-6-14-31/h7-10,20,23H,4-6,11-19H2,1-3H3,(H,27,28). The van der Waals surface area contributed by atoms with Crippen LogP contribution in [0.3, 0.4) is 0 Å². The quantitative estimate of drug-likeness (QED) is 0.570. The first-order valence-corrected chi connectivity index (χ1v) is 12.3. The maximum absolute atomic E-state index is 13.4. The molecule has 4 rings (SSSR count). The van der Waals surface area contributed by atoms with Crippen molar-refractivity contribution in [1.29, 1.82) is 0 Å². The number of ether oxygens (including phenoxy) is 1. The minimum Gasteiger partial charge on any atom is -0.367 e. The molecule has 0 aliphatic carbocycles. The molecule has 0 radical (unpaired) electrons. The number of nitrogens with zero attached hydrogens (tertiary/aromatic N) is 4. The lowest BCUT2D eigenvalue weighted by atomic mass is 9.84. The minimum atomic E-state index is -0.215. The Labute approximate surface area is 192 Å². The van der Waals surface area contributed by atoms with E-state index in [0.29, 0.717) is 0 Å². The first-order chi connectivity index (χ1) is 15.5. The van der Waals surface area contributed by atoms with Gasteiger partial charge in [-0.3, -0.25) is 9.89 Å². The van der Waals surface area contributed by atoms with Gasteiger partial charge in [-0.2, -0.15) is 0 Å². The fourth-order valence-corrected chi connectivity index (χ4v) is 5.57. The highest BCUT2D eigenvalue weighted by Gasteiger charge is 2.40. The lowest BCUT2D eigenvalue weighted by molar-refractivity contribution is -0.0608. The summed E-state index contributed by atoms with van der Waals surface area (Å²) in [6.07, 6.45) is 6.38. The maximum atomic E-state index is 13.4. The lowest BCUT2D eigenvalue weighted by Gasteiger charge is -2.50. The van der Waals surface area contributed by atoms with Gasteiger partial charge in [0.1, 0.15) is 11.9 Å². The lowest BCUT2D eigenvalue weighted by Crippen LogP contribution is -2.62.